The normalized spacial score (nSPS) is 10.8. The molecule has 0 aliphatic carbocycles. The van der Waals surface area contributed by atoms with Gasteiger partial charge in [0, 0.05) is 11.1 Å². The highest BCUT2D eigenvalue weighted by Gasteiger charge is 2.22. The molecule has 1 amide bonds. The van der Waals surface area contributed by atoms with Crippen molar-refractivity contribution < 1.29 is 28.2 Å². The molecule has 0 atom stereocenters. The molecule has 2 N–H and O–H groups in total. The summed E-state index contributed by atoms with van der Waals surface area (Å²) in [7, 11) is 0. The van der Waals surface area contributed by atoms with Crippen LogP contribution in [-0.4, -0.2) is 40.0 Å². The van der Waals surface area contributed by atoms with E-state index in [4.69, 9.17) is 21.4 Å². The largest absolute Gasteiger partial charge is 0.474 e. The molecule has 0 radical (unpaired) electrons. The Kier molecular flexibility index (Phi) is 6.76. The summed E-state index contributed by atoms with van der Waals surface area (Å²) < 4.78 is 33.9. The van der Waals surface area contributed by atoms with Gasteiger partial charge in [-0.1, -0.05) is 17.7 Å². The number of aliphatic hydroxyl groups excluding tert-OH is 1. The Morgan fingerprint density at radius 1 is 1.03 bits per heavy atom. The molecular weight excluding hydrogens is 468 g/mol. The molecule has 1 aromatic heterocycles. The SMILES string of the molecule is O=C(Nc1ccc(Cl)c(C(=O)c2ccc3ncc(OCCO)nc3c2)c1F)c1cccc(F)c1. The lowest BCUT2D eigenvalue weighted by Gasteiger charge is -2.12. The number of hydrogen-bond acceptors (Lipinski definition) is 6. The van der Waals surface area contributed by atoms with Crippen LogP contribution in [-0.2, 0) is 0 Å². The Hall–Kier alpha value is -3.95. The molecule has 4 rings (SSSR count). The van der Waals surface area contributed by atoms with Gasteiger partial charge < -0.3 is 15.2 Å². The van der Waals surface area contributed by atoms with Crippen molar-refractivity contribution in [3.05, 3.63) is 94.1 Å². The first-order valence-corrected chi connectivity index (χ1v) is 10.3. The molecule has 0 saturated heterocycles. The van der Waals surface area contributed by atoms with Crippen LogP contribution in [0.5, 0.6) is 5.88 Å². The molecule has 3 aromatic carbocycles. The van der Waals surface area contributed by atoms with Gasteiger partial charge in [0.25, 0.3) is 5.91 Å². The number of aromatic nitrogens is 2. The molecule has 0 spiro atoms. The van der Waals surface area contributed by atoms with Crippen LogP contribution >= 0.6 is 11.6 Å². The van der Waals surface area contributed by atoms with Gasteiger partial charge in [0.2, 0.25) is 5.88 Å². The summed E-state index contributed by atoms with van der Waals surface area (Å²) in [6, 6.07) is 11.8. The molecule has 0 aliphatic heterocycles. The van der Waals surface area contributed by atoms with Gasteiger partial charge in [0.15, 0.2) is 11.6 Å². The van der Waals surface area contributed by atoms with E-state index in [1.54, 1.807) is 0 Å². The Labute approximate surface area is 197 Å². The van der Waals surface area contributed by atoms with Gasteiger partial charge >= 0.3 is 0 Å². The third kappa shape index (κ3) is 4.85. The van der Waals surface area contributed by atoms with Crippen LogP contribution in [0.1, 0.15) is 26.3 Å². The number of rotatable bonds is 7. The molecule has 4 aromatic rings. The number of anilines is 1. The first-order valence-electron chi connectivity index (χ1n) is 9.97. The molecule has 0 unspecified atom stereocenters. The van der Waals surface area contributed by atoms with Crippen molar-refractivity contribution in [1.82, 2.24) is 9.97 Å². The lowest BCUT2D eigenvalue weighted by Crippen LogP contribution is -2.15. The van der Waals surface area contributed by atoms with Crippen LogP contribution < -0.4 is 10.1 Å². The number of nitrogens with zero attached hydrogens (tertiary/aromatic N) is 2. The van der Waals surface area contributed by atoms with E-state index < -0.39 is 28.9 Å². The van der Waals surface area contributed by atoms with E-state index in [0.717, 1.165) is 6.07 Å². The summed E-state index contributed by atoms with van der Waals surface area (Å²) in [6.07, 6.45) is 1.38. The van der Waals surface area contributed by atoms with Crippen molar-refractivity contribution in [3.63, 3.8) is 0 Å². The van der Waals surface area contributed by atoms with Gasteiger partial charge in [-0.3, -0.25) is 9.59 Å². The number of benzene rings is 3. The van der Waals surface area contributed by atoms with E-state index in [1.165, 1.54) is 54.7 Å². The van der Waals surface area contributed by atoms with E-state index >= 15 is 4.39 Å². The minimum absolute atomic E-state index is 0.0189. The van der Waals surface area contributed by atoms with Crippen LogP contribution in [0, 0.1) is 11.6 Å². The van der Waals surface area contributed by atoms with Gasteiger partial charge in [-0.15, -0.1) is 0 Å². The topological polar surface area (TPSA) is 101 Å². The standard InChI is InChI=1S/C24H16ClF2N3O4/c25-16-5-7-18(30-24(33)14-2-1-3-15(26)10-14)22(27)21(16)23(32)13-4-6-17-19(11-13)29-20(12-28-17)34-9-8-31/h1-7,10-12,31H,8-9H2,(H,30,33). The molecule has 0 saturated carbocycles. The average molecular weight is 484 g/mol. The van der Waals surface area contributed by atoms with Gasteiger partial charge in [-0.05, 0) is 48.5 Å². The number of hydrogen-bond donors (Lipinski definition) is 2. The fourth-order valence-electron chi connectivity index (χ4n) is 3.18. The monoisotopic (exact) mass is 483 g/mol. The summed E-state index contributed by atoms with van der Waals surface area (Å²) in [6.45, 7) is -0.185. The number of ether oxygens (including phenoxy) is 1. The zero-order chi connectivity index (χ0) is 24.2. The summed E-state index contributed by atoms with van der Waals surface area (Å²) in [5.41, 5.74) is 0.106. The minimum atomic E-state index is -1.03. The van der Waals surface area contributed by atoms with E-state index in [-0.39, 0.29) is 40.9 Å². The second-order valence-corrected chi connectivity index (χ2v) is 7.47. The second-order valence-electron chi connectivity index (χ2n) is 7.06. The zero-order valence-corrected chi connectivity index (χ0v) is 18.1. The third-order valence-corrected chi connectivity index (χ3v) is 5.09. The van der Waals surface area contributed by atoms with Crippen molar-refractivity contribution in [2.24, 2.45) is 0 Å². The van der Waals surface area contributed by atoms with E-state index in [0.29, 0.717) is 11.0 Å². The van der Waals surface area contributed by atoms with Gasteiger partial charge in [-0.25, -0.2) is 18.7 Å². The van der Waals surface area contributed by atoms with Crippen molar-refractivity contribution in [1.29, 1.82) is 0 Å². The second kappa shape index (κ2) is 9.90. The summed E-state index contributed by atoms with van der Waals surface area (Å²) >= 11 is 6.13. The molecule has 0 fully saturated rings. The molecule has 1 heterocycles. The molecule has 10 heteroatoms. The molecule has 172 valence electrons. The maximum Gasteiger partial charge on any atom is 0.255 e. The van der Waals surface area contributed by atoms with E-state index in [2.05, 4.69) is 15.3 Å². The molecule has 0 bridgehead atoms. The summed E-state index contributed by atoms with van der Waals surface area (Å²) in [5.74, 6) is -3.00. The maximum atomic E-state index is 15.3. The van der Waals surface area contributed by atoms with Crippen LogP contribution in [0.3, 0.4) is 0 Å². The number of amides is 1. The molecular formula is C24H16ClF2N3O4. The minimum Gasteiger partial charge on any atom is -0.474 e. The molecule has 34 heavy (non-hydrogen) atoms. The maximum absolute atomic E-state index is 15.3. The van der Waals surface area contributed by atoms with Crippen LogP contribution in [0.2, 0.25) is 5.02 Å². The zero-order valence-electron chi connectivity index (χ0n) is 17.4. The Morgan fingerprint density at radius 3 is 2.62 bits per heavy atom. The predicted molar refractivity (Wildman–Crippen MR) is 121 cm³/mol. The molecule has 7 nitrogen and oxygen atoms in total. The van der Waals surface area contributed by atoms with E-state index in [9.17, 15) is 14.0 Å². The summed E-state index contributed by atoms with van der Waals surface area (Å²) in [4.78, 5) is 33.9. The van der Waals surface area contributed by atoms with Crippen LogP contribution in [0.15, 0.2) is 60.8 Å². The van der Waals surface area contributed by atoms with Crippen LogP contribution in [0.25, 0.3) is 11.0 Å². The Balaban J connectivity index is 1.66. The van der Waals surface area contributed by atoms with Crippen molar-refractivity contribution in [3.8, 4) is 5.88 Å². The summed E-state index contributed by atoms with van der Waals surface area (Å²) in [5, 5.41) is 11.1. The van der Waals surface area contributed by atoms with Gasteiger partial charge in [0.05, 0.1) is 40.1 Å². The highest BCUT2D eigenvalue weighted by molar-refractivity contribution is 6.35. The predicted octanol–water partition coefficient (Wildman–Crippen LogP) is 4.42. The third-order valence-electron chi connectivity index (χ3n) is 4.78. The first-order chi connectivity index (χ1) is 16.4. The molecule has 0 aliphatic rings. The Morgan fingerprint density at radius 2 is 1.85 bits per heavy atom. The van der Waals surface area contributed by atoms with Crippen LogP contribution in [0.4, 0.5) is 14.5 Å². The number of nitrogens with one attached hydrogen (secondary N) is 1. The number of aliphatic hydroxyl groups is 1. The van der Waals surface area contributed by atoms with Crippen molar-refractivity contribution in [2.75, 3.05) is 18.5 Å². The van der Waals surface area contributed by atoms with Gasteiger partial charge in [0.1, 0.15) is 12.4 Å². The fourth-order valence-corrected chi connectivity index (χ4v) is 3.41. The lowest BCUT2D eigenvalue weighted by atomic mass is 10.0. The fraction of sp³-hybridized carbons (Fsp3) is 0.0833. The van der Waals surface area contributed by atoms with Crippen molar-refractivity contribution >= 4 is 40.0 Å². The number of carbonyl (C=O) groups is 2. The van der Waals surface area contributed by atoms with E-state index in [1.807, 2.05) is 0 Å². The number of ketones is 1. The Bertz CT molecular complexity index is 1410. The van der Waals surface area contributed by atoms with Crippen molar-refractivity contribution in [2.45, 2.75) is 0 Å². The highest BCUT2D eigenvalue weighted by atomic mass is 35.5. The number of fused-ring (bicyclic) bond motifs is 1. The number of halogens is 3. The first kappa shape index (κ1) is 23.2. The van der Waals surface area contributed by atoms with Gasteiger partial charge in [-0.2, -0.15) is 0 Å². The average Bonchev–Trinajstić information content (AvgIpc) is 2.83. The highest BCUT2D eigenvalue weighted by Crippen LogP contribution is 2.29. The number of carbonyl (C=O) groups excluding carboxylic acids is 2. The quantitative estimate of drug-likeness (QED) is 0.377. The lowest BCUT2D eigenvalue weighted by molar-refractivity contribution is 0.101. The smallest absolute Gasteiger partial charge is 0.255 e.